The number of methoxy groups -OCH3 is 1. The maximum Gasteiger partial charge on any atom is 0.417 e. The number of likely N-dealkylation sites (tertiary alicyclic amines) is 1. The first-order chi connectivity index (χ1) is 13.3. The Morgan fingerprint density at radius 1 is 1.28 bits per heavy atom. The van der Waals surface area contributed by atoms with E-state index in [4.69, 9.17) is 0 Å². The number of carbonyl (C=O) groups excluding carboxylic acids is 3. The third kappa shape index (κ3) is 4.97. The van der Waals surface area contributed by atoms with Crippen LogP contribution in [-0.2, 0) is 35.1 Å². The van der Waals surface area contributed by atoms with E-state index >= 15 is 0 Å². The van der Waals surface area contributed by atoms with Crippen LogP contribution in [0.25, 0.3) is 0 Å². The van der Waals surface area contributed by atoms with Gasteiger partial charge in [0.1, 0.15) is 11.8 Å². The number of carbonyl (C=O) groups is 3. The number of rotatable bonds is 5. The number of amides is 1. The summed E-state index contributed by atoms with van der Waals surface area (Å²) in [7, 11) is -3.53. The Bertz CT molecular complexity index is 947. The molecule has 1 saturated heterocycles. The number of hydrogen-bond donors (Lipinski definition) is 0. The Morgan fingerprint density at radius 2 is 1.90 bits per heavy atom. The Hall–Kier alpha value is -1.95. The smallest absolute Gasteiger partial charge is 0.417 e. The van der Waals surface area contributed by atoms with Crippen molar-refractivity contribution in [3.63, 3.8) is 0 Å². The fourth-order valence-electron chi connectivity index (χ4n) is 3.12. The number of sulfone groups is 1. The van der Waals surface area contributed by atoms with Gasteiger partial charge in [0, 0.05) is 11.0 Å². The average Bonchev–Trinajstić information content (AvgIpc) is 3.05. The fraction of sp³-hybridized carbons (Fsp3) is 0.471. The summed E-state index contributed by atoms with van der Waals surface area (Å²) >= 11 is 2.89. The van der Waals surface area contributed by atoms with Gasteiger partial charge >= 0.3 is 12.1 Å². The topological polar surface area (TPSA) is 97.8 Å². The summed E-state index contributed by atoms with van der Waals surface area (Å²) in [4.78, 5) is 35.5. The minimum atomic E-state index is -4.93. The normalized spacial score (nSPS) is 19.9. The van der Waals surface area contributed by atoms with Crippen LogP contribution in [-0.4, -0.2) is 55.9 Å². The van der Waals surface area contributed by atoms with Crippen molar-refractivity contribution in [2.45, 2.75) is 42.1 Å². The van der Waals surface area contributed by atoms with Gasteiger partial charge in [-0.1, -0.05) is 15.9 Å². The molecule has 2 rings (SSSR count). The predicted molar refractivity (Wildman–Crippen MR) is 97.5 cm³/mol. The number of ether oxygens (including phenoxy) is 1. The molecule has 12 heteroatoms. The van der Waals surface area contributed by atoms with Gasteiger partial charge in [-0.2, -0.15) is 13.2 Å². The molecule has 0 spiro atoms. The second-order valence-corrected chi connectivity index (χ2v) is 9.62. The van der Waals surface area contributed by atoms with Gasteiger partial charge in [-0.3, -0.25) is 9.59 Å². The molecule has 1 heterocycles. The van der Waals surface area contributed by atoms with E-state index in [-0.39, 0.29) is 4.47 Å². The zero-order valence-electron chi connectivity index (χ0n) is 15.3. The highest BCUT2D eigenvalue weighted by molar-refractivity contribution is 9.10. The van der Waals surface area contributed by atoms with E-state index < -0.39 is 74.8 Å². The summed E-state index contributed by atoms with van der Waals surface area (Å²) in [6.45, 7) is 0.619. The molecule has 1 amide bonds. The minimum Gasteiger partial charge on any atom is -0.467 e. The molecule has 0 N–H and O–H groups in total. The van der Waals surface area contributed by atoms with E-state index in [1.807, 2.05) is 0 Å². The highest BCUT2D eigenvalue weighted by Crippen LogP contribution is 2.39. The monoisotopic (exact) mass is 499 g/mol. The molecule has 160 valence electrons. The van der Waals surface area contributed by atoms with Crippen LogP contribution in [0.3, 0.4) is 0 Å². The Balaban J connectivity index is 2.48. The molecule has 0 radical (unpaired) electrons. The highest BCUT2D eigenvalue weighted by atomic mass is 79.9. The molecule has 0 saturated carbocycles. The summed E-state index contributed by atoms with van der Waals surface area (Å²) in [5.74, 6) is -2.21. The standard InChI is InChI=1S/C17H17BrF3NO6S/c1-9(23)5-15(24)22-8-11(7-13(22)16(25)28-2)29(26,27)14-4-3-10(18)6-12(14)17(19,20)21/h3-4,6,11,13H,5,7-8H2,1-2H3/t11-,13?/m1/s1. The number of Topliss-reactive ketones (excluding diaryl/α,β-unsaturated/α-hetero) is 1. The zero-order chi connectivity index (χ0) is 22.1. The number of nitrogens with zero attached hydrogens (tertiary/aromatic N) is 1. The molecule has 1 fully saturated rings. The molecule has 7 nitrogen and oxygen atoms in total. The van der Waals surface area contributed by atoms with Crippen molar-refractivity contribution in [3.05, 3.63) is 28.2 Å². The van der Waals surface area contributed by atoms with E-state index in [0.717, 1.165) is 31.1 Å². The SMILES string of the molecule is COC(=O)C1C[C@@H](S(=O)(=O)c2ccc(Br)cc2C(F)(F)F)CN1C(=O)CC(C)=O. The van der Waals surface area contributed by atoms with E-state index in [0.29, 0.717) is 6.07 Å². The van der Waals surface area contributed by atoms with Crippen LogP contribution < -0.4 is 0 Å². The molecule has 0 aromatic heterocycles. The number of ketones is 1. The van der Waals surface area contributed by atoms with Crippen LogP contribution in [0.5, 0.6) is 0 Å². The Kier molecular flexibility index (Phi) is 6.78. The molecule has 2 atom stereocenters. The lowest BCUT2D eigenvalue weighted by Crippen LogP contribution is -2.41. The van der Waals surface area contributed by atoms with Crippen molar-refractivity contribution < 1.29 is 40.7 Å². The molecule has 29 heavy (non-hydrogen) atoms. The van der Waals surface area contributed by atoms with Crippen molar-refractivity contribution in [3.8, 4) is 0 Å². The van der Waals surface area contributed by atoms with Crippen molar-refractivity contribution in [2.24, 2.45) is 0 Å². The lowest BCUT2D eigenvalue weighted by molar-refractivity contribution is -0.151. The van der Waals surface area contributed by atoms with Gasteiger partial charge < -0.3 is 9.64 Å². The van der Waals surface area contributed by atoms with Gasteiger partial charge in [0.05, 0.1) is 29.2 Å². The third-order valence-corrected chi connectivity index (χ3v) is 7.13. The minimum absolute atomic E-state index is 0.0425. The van der Waals surface area contributed by atoms with Gasteiger partial charge in [0.25, 0.3) is 0 Å². The predicted octanol–water partition coefficient (Wildman–Crippen LogP) is 2.36. The largest absolute Gasteiger partial charge is 0.467 e. The summed E-state index contributed by atoms with van der Waals surface area (Å²) in [5, 5.41) is -1.47. The molecular weight excluding hydrogens is 483 g/mol. The summed E-state index contributed by atoms with van der Waals surface area (Å²) < 4.78 is 70.8. The Morgan fingerprint density at radius 3 is 2.41 bits per heavy atom. The first-order valence-corrected chi connectivity index (χ1v) is 10.6. The number of halogens is 4. The molecule has 1 aromatic rings. The second kappa shape index (κ2) is 8.42. The quantitative estimate of drug-likeness (QED) is 0.455. The summed E-state index contributed by atoms with van der Waals surface area (Å²) in [6, 6.07) is 1.33. The fourth-order valence-corrected chi connectivity index (χ4v) is 5.37. The molecule has 1 aliphatic rings. The Labute approximate surface area is 173 Å². The van der Waals surface area contributed by atoms with Crippen LogP contribution in [0.1, 0.15) is 25.3 Å². The molecule has 0 aliphatic carbocycles. The van der Waals surface area contributed by atoms with Crippen LogP contribution in [0.4, 0.5) is 13.2 Å². The van der Waals surface area contributed by atoms with Crippen LogP contribution in [0.15, 0.2) is 27.6 Å². The molecule has 1 unspecified atom stereocenters. The lowest BCUT2D eigenvalue weighted by Gasteiger charge is -2.22. The highest BCUT2D eigenvalue weighted by Gasteiger charge is 2.48. The maximum atomic E-state index is 13.4. The molecule has 1 aromatic carbocycles. The van der Waals surface area contributed by atoms with Crippen molar-refractivity contribution >= 4 is 43.4 Å². The molecule has 1 aliphatic heterocycles. The number of hydrogen-bond acceptors (Lipinski definition) is 6. The van der Waals surface area contributed by atoms with Gasteiger partial charge in [-0.05, 0) is 31.5 Å². The van der Waals surface area contributed by atoms with Crippen molar-refractivity contribution in [2.75, 3.05) is 13.7 Å². The van der Waals surface area contributed by atoms with Gasteiger partial charge in [-0.25, -0.2) is 13.2 Å². The van der Waals surface area contributed by atoms with Gasteiger partial charge in [0.2, 0.25) is 5.91 Å². The summed E-state index contributed by atoms with van der Waals surface area (Å²) in [6.07, 6.45) is -5.94. The second-order valence-electron chi connectivity index (χ2n) is 6.50. The first kappa shape index (κ1) is 23.3. The van der Waals surface area contributed by atoms with Crippen LogP contribution in [0.2, 0.25) is 0 Å². The summed E-state index contributed by atoms with van der Waals surface area (Å²) in [5.41, 5.74) is -1.35. The van der Waals surface area contributed by atoms with Crippen LogP contribution >= 0.6 is 15.9 Å². The van der Waals surface area contributed by atoms with Crippen molar-refractivity contribution in [1.82, 2.24) is 4.90 Å². The van der Waals surface area contributed by atoms with Crippen molar-refractivity contribution in [1.29, 1.82) is 0 Å². The zero-order valence-corrected chi connectivity index (χ0v) is 17.7. The van der Waals surface area contributed by atoms with Gasteiger partial charge in [0.15, 0.2) is 9.84 Å². The number of benzene rings is 1. The molecule has 0 bridgehead atoms. The average molecular weight is 500 g/mol. The van der Waals surface area contributed by atoms with E-state index in [1.165, 1.54) is 0 Å². The molecular formula is C17H17BrF3NO6S. The lowest BCUT2D eigenvalue weighted by atomic mass is 10.2. The van der Waals surface area contributed by atoms with E-state index in [1.54, 1.807) is 0 Å². The van der Waals surface area contributed by atoms with E-state index in [2.05, 4.69) is 20.7 Å². The number of esters is 1. The maximum absolute atomic E-state index is 13.4. The first-order valence-electron chi connectivity index (χ1n) is 8.26. The van der Waals surface area contributed by atoms with E-state index in [9.17, 15) is 36.0 Å². The van der Waals surface area contributed by atoms with Gasteiger partial charge in [-0.15, -0.1) is 0 Å². The van der Waals surface area contributed by atoms with Crippen LogP contribution in [0, 0.1) is 0 Å². The third-order valence-electron chi connectivity index (χ3n) is 4.45. The number of alkyl halides is 3.